The Labute approximate surface area is 150 Å². The van der Waals surface area contributed by atoms with Gasteiger partial charge in [-0.3, -0.25) is 9.59 Å². The molecule has 2 amide bonds. The second kappa shape index (κ2) is 6.55. The molecule has 2 aromatic heterocycles. The van der Waals surface area contributed by atoms with Crippen molar-refractivity contribution >= 4 is 11.8 Å². The molecule has 2 saturated heterocycles. The summed E-state index contributed by atoms with van der Waals surface area (Å²) in [4.78, 5) is 32.3. The predicted molar refractivity (Wildman–Crippen MR) is 91.0 cm³/mol. The summed E-state index contributed by atoms with van der Waals surface area (Å²) >= 11 is 0. The lowest BCUT2D eigenvalue weighted by Crippen LogP contribution is -2.47. The molecular weight excluding hydrogens is 337 g/mol. The van der Waals surface area contributed by atoms with Crippen molar-refractivity contribution in [2.45, 2.75) is 19.3 Å². The number of furan rings is 1. The van der Waals surface area contributed by atoms with Gasteiger partial charge in [0.15, 0.2) is 5.76 Å². The fourth-order valence-electron chi connectivity index (χ4n) is 4.10. The molecule has 0 unspecified atom stereocenters. The molecule has 0 radical (unpaired) electrons. The van der Waals surface area contributed by atoms with E-state index in [2.05, 4.69) is 4.98 Å². The Bertz CT molecular complexity index is 823. The van der Waals surface area contributed by atoms with E-state index in [9.17, 15) is 14.0 Å². The van der Waals surface area contributed by atoms with E-state index in [0.29, 0.717) is 37.5 Å². The minimum absolute atomic E-state index is 0.0955. The largest absolute Gasteiger partial charge is 0.459 e. The molecule has 0 saturated carbocycles. The summed E-state index contributed by atoms with van der Waals surface area (Å²) in [5, 5.41) is 0. The first-order valence-corrected chi connectivity index (χ1v) is 8.80. The number of carbonyl (C=O) groups excluding carboxylic acids is 2. The van der Waals surface area contributed by atoms with E-state index in [1.165, 1.54) is 24.6 Å². The molecule has 0 N–H and O–H groups in total. The lowest BCUT2D eigenvalue weighted by Gasteiger charge is -2.40. The van der Waals surface area contributed by atoms with E-state index >= 15 is 0 Å². The second-order valence-corrected chi connectivity index (χ2v) is 7.15. The summed E-state index contributed by atoms with van der Waals surface area (Å²) < 4.78 is 18.5. The summed E-state index contributed by atoms with van der Waals surface area (Å²) in [7, 11) is 0. The maximum atomic E-state index is 13.3. The molecule has 0 aromatic carbocycles. The van der Waals surface area contributed by atoms with Crippen molar-refractivity contribution in [3.8, 4) is 0 Å². The second-order valence-electron chi connectivity index (χ2n) is 7.15. The fraction of sp³-hybridized carbons (Fsp3) is 0.421. The van der Waals surface area contributed by atoms with E-state index in [4.69, 9.17) is 4.42 Å². The zero-order valence-corrected chi connectivity index (χ0v) is 14.4. The minimum Gasteiger partial charge on any atom is -0.459 e. The third-order valence-electron chi connectivity index (χ3n) is 5.38. The molecule has 26 heavy (non-hydrogen) atoms. The lowest BCUT2D eigenvalue weighted by atomic mass is 9.79. The summed E-state index contributed by atoms with van der Waals surface area (Å²) in [5.74, 6) is -0.592. The number of nitrogens with zero attached hydrogens (tertiary/aromatic N) is 3. The smallest absolute Gasteiger partial charge is 0.289 e. The molecule has 7 heteroatoms. The summed E-state index contributed by atoms with van der Waals surface area (Å²) in [5.41, 5.74) is 0.218. The van der Waals surface area contributed by atoms with E-state index in [-0.39, 0.29) is 17.2 Å². The highest BCUT2D eigenvalue weighted by atomic mass is 19.1. The van der Waals surface area contributed by atoms with Crippen molar-refractivity contribution in [2.75, 3.05) is 26.2 Å². The number of amides is 2. The standard InChI is InChI=1S/C19H20FN3O3/c20-16-11-14(4-7-21-16)17(24)23-9-6-19(13-23)5-2-8-22(12-19)18(25)15-3-1-10-26-15/h1,3-4,7,10-11H,2,5-6,8-9,12-13H2/t19-/m0/s1. The Morgan fingerprint density at radius 3 is 2.65 bits per heavy atom. The Kier molecular flexibility index (Phi) is 4.22. The number of likely N-dealkylation sites (tertiary alicyclic amines) is 2. The quantitative estimate of drug-likeness (QED) is 0.775. The lowest BCUT2D eigenvalue weighted by molar-refractivity contribution is 0.0489. The van der Waals surface area contributed by atoms with Gasteiger partial charge in [-0.2, -0.15) is 4.39 Å². The zero-order valence-electron chi connectivity index (χ0n) is 14.4. The van der Waals surface area contributed by atoms with Crippen LogP contribution >= 0.6 is 0 Å². The molecule has 1 spiro atoms. The van der Waals surface area contributed by atoms with Crippen LogP contribution in [0.3, 0.4) is 0 Å². The van der Waals surface area contributed by atoms with Crippen molar-refractivity contribution in [1.29, 1.82) is 0 Å². The van der Waals surface area contributed by atoms with Crippen LogP contribution < -0.4 is 0 Å². The Balaban J connectivity index is 1.46. The van der Waals surface area contributed by atoms with Crippen molar-refractivity contribution in [1.82, 2.24) is 14.8 Å². The van der Waals surface area contributed by atoms with Gasteiger partial charge in [-0.1, -0.05) is 0 Å². The highest BCUT2D eigenvalue weighted by Gasteiger charge is 2.44. The number of aromatic nitrogens is 1. The summed E-state index contributed by atoms with van der Waals surface area (Å²) in [6.45, 7) is 2.51. The maximum absolute atomic E-state index is 13.3. The van der Waals surface area contributed by atoms with Gasteiger partial charge in [0.25, 0.3) is 11.8 Å². The van der Waals surface area contributed by atoms with Gasteiger partial charge in [0, 0.05) is 49.4 Å². The molecule has 2 aliphatic rings. The normalized spacial score (nSPS) is 22.8. The average Bonchev–Trinajstić information content (AvgIpc) is 3.31. The molecule has 4 rings (SSSR count). The first-order valence-electron chi connectivity index (χ1n) is 8.80. The van der Waals surface area contributed by atoms with E-state index in [0.717, 1.165) is 19.3 Å². The highest BCUT2D eigenvalue weighted by Crippen LogP contribution is 2.39. The van der Waals surface area contributed by atoms with Gasteiger partial charge in [0.1, 0.15) is 0 Å². The van der Waals surface area contributed by atoms with Crippen LogP contribution in [0.4, 0.5) is 4.39 Å². The van der Waals surface area contributed by atoms with Gasteiger partial charge in [0.2, 0.25) is 5.95 Å². The van der Waals surface area contributed by atoms with Gasteiger partial charge in [-0.05, 0) is 37.5 Å². The SMILES string of the molecule is O=C(c1ccnc(F)c1)N1CC[C@]2(CCCN(C(=O)c3ccco3)C2)C1. The molecular formula is C19H20FN3O3. The van der Waals surface area contributed by atoms with Crippen molar-refractivity contribution in [3.63, 3.8) is 0 Å². The highest BCUT2D eigenvalue weighted by molar-refractivity contribution is 5.94. The predicted octanol–water partition coefficient (Wildman–Crippen LogP) is 2.58. The van der Waals surface area contributed by atoms with Crippen LogP contribution in [0.2, 0.25) is 0 Å². The first-order chi connectivity index (χ1) is 12.6. The van der Waals surface area contributed by atoms with Gasteiger partial charge in [-0.25, -0.2) is 4.98 Å². The zero-order chi connectivity index (χ0) is 18.1. The molecule has 0 bridgehead atoms. The molecule has 6 nitrogen and oxygen atoms in total. The third kappa shape index (κ3) is 3.09. The maximum Gasteiger partial charge on any atom is 0.289 e. The van der Waals surface area contributed by atoms with E-state index in [1.807, 2.05) is 4.90 Å². The molecule has 2 aromatic rings. The molecule has 4 heterocycles. The number of pyridine rings is 1. The number of hydrogen-bond acceptors (Lipinski definition) is 4. The van der Waals surface area contributed by atoms with Gasteiger partial charge in [0.05, 0.1) is 6.26 Å². The molecule has 2 fully saturated rings. The monoisotopic (exact) mass is 357 g/mol. The van der Waals surface area contributed by atoms with E-state index < -0.39 is 5.95 Å². The van der Waals surface area contributed by atoms with Gasteiger partial charge in [-0.15, -0.1) is 0 Å². The van der Waals surface area contributed by atoms with Crippen molar-refractivity contribution < 1.29 is 18.4 Å². The van der Waals surface area contributed by atoms with Crippen molar-refractivity contribution in [2.24, 2.45) is 5.41 Å². The van der Waals surface area contributed by atoms with E-state index in [1.54, 1.807) is 17.0 Å². The Hall–Kier alpha value is -2.70. The van der Waals surface area contributed by atoms with Crippen LogP contribution in [-0.2, 0) is 0 Å². The Morgan fingerprint density at radius 1 is 1.12 bits per heavy atom. The number of rotatable bonds is 2. The van der Waals surface area contributed by atoms with Crippen LogP contribution in [-0.4, -0.2) is 52.8 Å². The molecule has 2 aliphatic heterocycles. The molecule has 136 valence electrons. The van der Waals surface area contributed by atoms with Gasteiger partial charge >= 0.3 is 0 Å². The average molecular weight is 357 g/mol. The van der Waals surface area contributed by atoms with Crippen molar-refractivity contribution in [3.05, 3.63) is 54.0 Å². The topological polar surface area (TPSA) is 66.7 Å². The Morgan fingerprint density at radius 2 is 1.92 bits per heavy atom. The van der Waals surface area contributed by atoms with Crippen LogP contribution in [0.15, 0.2) is 41.1 Å². The summed E-state index contributed by atoms with van der Waals surface area (Å²) in [6, 6.07) is 6.08. The van der Waals surface area contributed by atoms with Crippen LogP contribution in [0.5, 0.6) is 0 Å². The first kappa shape index (κ1) is 16.8. The van der Waals surface area contributed by atoms with Crippen LogP contribution in [0.1, 0.15) is 40.2 Å². The van der Waals surface area contributed by atoms with Crippen LogP contribution in [0.25, 0.3) is 0 Å². The number of carbonyl (C=O) groups is 2. The number of halogens is 1. The fourth-order valence-corrected chi connectivity index (χ4v) is 4.10. The van der Waals surface area contributed by atoms with Crippen LogP contribution in [0, 0.1) is 11.4 Å². The minimum atomic E-state index is -0.655. The third-order valence-corrected chi connectivity index (χ3v) is 5.38. The van der Waals surface area contributed by atoms with Gasteiger partial charge < -0.3 is 14.2 Å². The number of piperidine rings is 1. The number of hydrogen-bond donors (Lipinski definition) is 0. The summed E-state index contributed by atoms with van der Waals surface area (Å²) in [6.07, 6.45) is 5.52. The molecule has 1 atom stereocenters. The molecule has 0 aliphatic carbocycles.